The number of rotatable bonds is 7. The third kappa shape index (κ3) is 4.26. The number of para-hydroxylation sites is 1. The Morgan fingerprint density at radius 3 is 2.77 bits per heavy atom. The first-order valence-corrected chi connectivity index (χ1v) is 7.11. The first-order chi connectivity index (χ1) is 10.6. The molecule has 0 unspecified atom stereocenters. The van der Waals surface area contributed by atoms with Gasteiger partial charge in [0.2, 0.25) is 11.8 Å². The van der Waals surface area contributed by atoms with Crippen molar-refractivity contribution >= 4 is 22.7 Å². The maximum absolute atomic E-state index is 11.7. The summed E-state index contributed by atoms with van der Waals surface area (Å²) in [5, 5.41) is 3.59. The summed E-state index contributed by atoms with van der Waals surface area (Å²) >= 11 is 0. The van der Waals surface area contributed by atoms with E-state index in [2.05, 4.69) is 10.3 Å². The Balaban J connectivity index is 2.08. The van der Waals surface area contributed by atoms with Crippen LogP contribution in [0.15, 0.2) is 36.4 Å². The van der Waals surface area contributed by atoms with E-state index >= 15 is 0 Å². The Kier molecular flexibility index (Phi) is 5.43. The highest BCUT2D eigenvalue weighted by Gasteiger charge is 2.19. The van der Waals surface area contributed by atoms with E-state index in [9.17, 15) is 9.59 Å². The third-order valence-electron chi connectivity index (χ3n) is 3.19. The molecular weight excluding hydrogens is 282 g/mol. The van der Waals surface area contributed by atoms with Gasteiger partial charge in [-0.1, -0.05) is 24.3 Å². The van der Waals surface area contributed by atoms with Crippen LogP contribution in [0, 0.1) is 0 Å². The lowest BCUT2D eigenvalue weighted by atomic mass is 10.1. The number of pyridine rings is 1. The van der Waals surface area contributed by atoms with Crippen molar-refractivity contribution < 1.29 is 14.3 Å². The van der Waals surface area contributed by atoms with Crippen LogP contribution in [0.4, 0.5) is 0 Å². The van der Waals surface area contributed by atoms with Crippen LogP contribution in [0.2, 0.25) is 0 Å². The normalized spacial score (nSPS) is 12.0. The van der Waals surface area contributed by atoms with Crippen molar-refractivity contribution in [1.29, 1.82) is 0 Å². The highest BCUT2D eigenvalue weighted by atomic mass is 16.5. The Morgan fingerprint density at radius 2 is 2.05 bits per heavy atom. The van der Waals surface area contributed by atoms with Crippen molar-refractivity contribution in [2.24, 2.45) is 5.73 Å². The topological polar surface area (TPSA) is 94.3 Å². The Labute approximate surface area is 128 Å². The summed E-state index contributed by atoms with van der Waals surface area (Å²) in [4.78, 5) is 27.6. The molecule has 2 amide bonds. The number of ether oxygens (including phenoxy) is 1. The molecule has 0 aliphatic heterocycles. The number of carbonyl (C=O) groups excluding carboxylic acids is 2. The molecule has 0 aliphatic carbocycles. The average molecular weight is 301 g/mol. The number of aromatic nitrogens is 1. The molecule has 0 spiro atoms. The Morgan fingerprint density at radius 1 is 1.27 bits per heavy atom. The molecule has 3 N–H and O–H groups in total. The second-order valence-corrected chi connectivity index (χ2v) is 4.86. The van der Waals surface area contributed by atoms with E-state index in [1.165, 1.54) is 0 Å². The number of primary amides is 1. The number of hydrogen-bond acceptors (Lipinski definition) is 4. The van der Waals surface area contributed by atoms with Crippen LogP contribution in [-0.2, 0) is 20.7 Å². The maximum atomic E-state index is 11.7. The molecule has 6 heteroatoms. The number of hydrogen-bond donors (Lipinski definition) is 2. The van der Waals surface area contributed by atoms with Gasteiger partial charge in [-0.05, 0) is 19.1 Å². The summed E-state index contributed by atoms with van der Waals surface area (Å²) in [5.41, 5.74) is 6.88. The standard InChI is InChI=1S/C16H19N3O3/c1-2-22-10-15(20)19-14(16(17)21)9-12-8-7-11-5-3-4-6-13(11)18-12/h3-8,14H,2,9-10H2,1H3,(H2,17,21)(H,19,20)/t14-/m0/s1. The van der Waals surface area contributed by atoms with Gasteiger partial charge in [-0.25, -0.2) is 0 Å². The van der Waals surface area contributed by atoms with Crippen molar-refractivity contribution in [3.63, 3.8) is 0 Å². The molecule has 1 aromatic heterocycles. The minimum Gasteiger partial charge on any atom is -0.372 e. The number of nitrogens with zero attached hydrogens (tertiary/aromatic N) is 1. The quantitative estimate of drug-likeness (QED) is 0.790. The van der Waals surface area contributed by atoms with Crippen LogP contribution in [0.3, 0.4) is 0 Å². The zero-order valence-corrected chi connectivity index (χ0v) is 12.4. The molecule has 0 aliphatic rings. The second-order valence-electron chi connectivity index (χ2n) is 4.86. The third-order valence-corrected chi connectivity index (χ3v) is 3.19. The molecule has 2 rings (SSSR count). The van der Waals surface area contributed by atoms with E-state index in [4.69, 9.17) is 10.5 Å². The average Bonchev–Trinajstić information content (AvgIpc) is 2.52. The predicted molar refractivity (Wildman–Crippen MR) is 83.1 cm³/mol. The van der Waals surface area contributed by atoms with Gasteiger partial charge in [0, 0.05) is 24.1 Å². The molecule has 1 atom stereocenters. The Hall–Kier alpha value is -2.47. The first-order valence-electron chi connectivity index (χ1n) is 7.11. The molecule has 1 aromatic carbocycles. The van der Waals surface area contributed by atoms with Crippen LogP contribution in [-0.4, -0.2) is 36.1 Å². The van der Waals surface area contributed by atoms with Gasteiger partial charge >= 0.3 is 0 Å². The smallest absolute Gasteiger partial charge is 0.246 e. The summed E-state index contributed by atoms with van der Waals surface area (Å²) in [6, 6.07) is 10.6. The van der Waals surface area contributed by atoms with Crippen molar-refractivity contribution in [2.45, 2.75) is 19.4 Å². The molecule has 6 nitrogen and oxygen atoms in total. The number of nitrogens with one attached hydrogen (secondary N) is 1. The van der Waals surface area contributed by atoms with E-state index in [1.807, 2.05) is 36.4 Å². The van der Waals surface area contributed by atoms with Crippen molar-refractivity contribution in [1.82, 2.24) is 10.3 Å². The minimum atomic E-state index is -0.804. The molecule has 1 heterocycles. The summed E-state index contributed by atoms with van der Waals surface area (Å²) in [7, 11) is 0. The van der Waals surface area contributed by atoms with Gasteiger partial charge in [0.15, 0.2) is 0 Å². The van der Waals surface area contributed by atoms with E-state index in [-0.39, 0.29) is 18.9 Å². The predicted octanol–water partition coefficient (Wildman–Crippen LogP) is 0.784. The van der Waals surface area contributed by atoms with E-state index in [0.717, 1.165) is 10.9 Å². The first kappa shape index (κ1) is 15.9. The van der Waals surface area contributed by atoms with Crippen molar-refractivity contribution in [3.8, 4) is 0 Å². The molecule has 116 valence electrons. The lowest BCUT2D eigenvalue weighted by Gasteiger charge is -2.15. The van der Waals surface area contributed by atoms with E-state index in [1.54, 1.807) is 6.92 Å². The molecule has 2 aromatic rings. The van der Waals surface area contributed by atoms with Crippen LogP contribution < -0.4 is 11.1 Å². The molecule has 0 bridgehead atoms. The maximum Gasteiger partial charge on any atom is 0.246 e. The van der Waals surface area contributed by atoms with Gasteiger partial charge in [-0.15, -0.1) is 0 Å². The lowest BCUT2D eigenvalue weighted by molar-refractivity contribution is -0.130. The molecule has 22 heavy (non-hydrogen) atoms. The number of amides is 2. The number of benzene rings is 1. The zero-order valence-electron chi connectivity index (χ0n) is 12.4. The largest absolute Gasteiger partial charge is 0.372 e. The lowest BCUT2D eigenvalue weighted by Crippen LogP contribution is -2.47. The van der Waals surface area contributed by atoms with E-state index in [0.29, 0.717) is 12.3 Å². The molecular formula is C16H19N3O3. The van der Waals surface area contributed by atoms with Gasteiger partial charge in [0.25, 0.3) is 0 Å². The van der Waals surface area contributed by atoms with Gasteiger partial charge in [0.05, 0.1) is 5.52 Å². The minimum absolute atomic E-state index is 0.0918. The van der Waals surface area contributed by atoms with Crippen molar-refractivity contribution in [2.75, 3.05) is 13.2 Å². The summed E-state index contributed by atoms with van der Waals surface area (Å²) < 4.78 is 5.00. The van der Waals surface area contributed by atoms with Gasteiger partial charge in [-0.2, -0.15) is 0 Å². The van der Waals surface area contributed by atoms with Crippen LogP contribution in [0.25, 0.3) is 10.9 Å². The van der Waals surface area contributed by atoms with Gasteiger partial charge in [-0.3, -0.25) is 14.6 Å². The van der Waals surface area contributed by atoms with Crippen LogP contribution in [0.5, 0.6) is 0 Å². The molecule has 0 fully saturated rings. The fourth-order valence-electron chi connectivity index (χ4n) is 2.08. The fraction of sp³-hybridized carbons (Fsp3) is 0.312. The van der Waals surface area contributed by atoms with Gasteiger partial charge < -0.3 is 15.8 Å². The molecule has 0 saturated heterocycles. The van der Waals surface area contributed by atoms with Crippen LogP contribution in [0.1, 0.15) is 12.6 Å². The monoisotopic (exact) mass is 301 g/mol. The molecule has 0 saturated carbocycles. The van der Waals surface area contributed by atoms with Crippen molar-refractivity contribution in [3.05, 3.63) is 42.1 Å². The number of fused-ring (bicyclic) bond motifs is 1. The highest BCUT2D eigenvalue weighted by molar-refractivity contribution is 5.87. The number of carbonyl (C=O) groups is 2. The van der Waals surface area contributed by atoms with Crippen LogP contribution >= 0.6 is 0 Å². The highest BCUT2D eigenvalue weighted by Crippen LogP contribution is 2.12. The van der Waals surface area contributed by atoms with Gasteiger partial charge in [0.1, 0.15) is 12.6 Å². The summed E-state index contributed by atoms with van der Waals surface area (Å²) in [6.07, 6.45) is 0.248. The van der Waals surface area contributed by atoms with E-state index < -0.39 is 11.9 Å². The molecule has 0 radical (unpaired) electrons. The SMILES string of the molecule is CCOCC(=O)N[C@@H](Cc1ccc2ccccc2n1)C(N)=O. The zero-order chi connectivity index (χ0) is 15.9. The fourth-order valence-corrected chi connectivity index (χ4v) is 2.08. The summed E-state index contributed by atoms with van der Waals surface area (Å²) in [5.74, 6) is -0.966. The Bertz CT molecular complexity index is 672. The number of nitrogens with two attached hydrogens (primary N) is 1. The summed E-state index contributed by atoms with van der Waals surface area (Å²) in [6.45, 7) is 2.13. The second kappa shape index (κ2) is 7.51.